The Kier molecular flexibility index (Phi) is 6.28. The van der Waals surface area contributed by atoms with Gasteiger partial charge in [0.25, 0.3) is 0 Å². The molecule has 4 atom stereocenters. The molecule has 0 aliphatic carbocycles. The number of rotatable bonds is 5. The Hall–Kier alpha value is -2.79. The van der Waals surface area contributed by atoms with E-state index in [2.05, 4.69) is 10.6 Å². The molecule has 2 fully saturated rings. The van der Waals surface area contributed by atoms with Crippen LogP contribution >= 0.6 is 0 Å². The third-order valence-electron chi connectivity index (χ3n) is 6.18. The predicted octanol–water partition coefficient (Wildman–Crippen LogP) is 5.52. The Balaban J connectivity index is 1.61. The SMILES string of the molecule is C[C@@H](OCC1(c2ccccc2)CCC2OC(=O)NC2N1)c1cc(C(F)(F)F)cc(C(F)(F)F)c1. The van der Waals surface area contributed by atoms with Crippen LogP contribution in [0.1, 0.15) is 48.1 Å². The molecule has 2 saturated heterocycles. The van der Waals surface area contributed by atoms with E-state index in [1.165, 1.54) is 6.92 Å². The summed E-state index contributed by atoms with van der Waals surface area (Å²) in [4.78, 5) is 11.6. The van der Waals surface area contributed by atoms with Crippen molar-refractivity contribution < 1.29 is 40.6 Å². The van der Waals surface area contributed by atoms with Gasteiger partial charge in [-0.25, -0.2) is 4.79 Å². The topological polar surface area (TPSA) is 59.6 Å². The van der Waals surface area contributed by atoms with Crippen molar-refractivity contribution in [2.24, 2.45) is 0 Å². The van der Waals surface area contributed by atoms with E-state index >= 15 is 0 Å². The molecule has 2 N–H and O–H groups in total. The first kappa shape index (κ1) is 24.3. The van der Waals surface area contributed by atoms with Crippen LogP contribution in [0.5, 0.6) is 0 Å². The Bertz CT molecular complexity index is 1010. The van der Waals surface area contributed by atoms with E-state index in [4.69, 9.17) is 9.47 Å². The van der Waals surface area contributed by atoms with Gasteiger partial charge in [0.2, 0.25) is 0 Å². The third kappa shape index (κ3) is 5.00. The summed E-state index contributed by atoms with van der Waals surface area (Å²) >= 11 is 0. The summed E-state index contributed by atoms with van der Waals surface area (Å²) in [5, 5.41) is 5.98. The van der Waals surface area contributed by atoms with E-state index in [-0.39, 0.29) is 24.3 Å². The molecule has 4 rings (SSSR count). The van der Waals surface area contributed by atoms with E-state index in [1.54, 1.807) is 12.1 Å². The van der Waals surface area contributed by atoms with Crippen LogP contribution < -0.4 is 10.6 Å². The minimum atomic E-state index is -4.94. The lowest BCUT2D eigenvalue weighted by atomic mass is 9.81. The van der Waals surface area contributed by atoms with Crippen LogP contribution in [-0.4, -0.2) is 25.0 Å². The quantitative estimate of drug-likeness (QED) is 0.545. The third-order valence-corrected chi connectivity index (χ3v) is 6.18. The highest BCUT2D eigenvalue weighted by atomic mass is 19.4. The molecular formula is C23H22F6N2O3. The van der Waals surface area contributed by atoms with E-state index in [9.17, 15) is 31.1 Å². The maximum Gasteiger partial charge on any atom is 0.416 e. The lowest BCUT2D eigenvalue weighted by molar-refractivity contribution is -0.143. The minimum Gasteiger partial charge on any atom is -0.443 e. The molecule has 2 aliphatic heterocycles. The smallest absolute Gasteiger partial charge is 0.416 e. The van der Waals surface area contributed by atoms with Gasteiger partial charge in [-0.2, -0.15) is 26.3 Å². The molecule has 3 unspecified atom stereocenters. The van der Waals surface area contributed by atoms with Gasteiger partial charge in [0.1, 0.15) is 12.3 Å². The molecule has 0 spiro atoms. The van der Waals surface area contributed by atoms with Gasteiger partial charge in [-0.05, 0) is 49.1 Å². The van der Waals surface area contributed by atoms with Crippen LogP contribution in [-0.2, 0) is 27.4 Å². The van der Waals surface area contributed by atoms with Crippen LogP contribution in [0, 0.1) is 0 Å². The van der Waals surface area contributed by atoms with E-state index in [0.717, 1.165) is 5.56 Å². The molecule has 2 aromatic carbocycles. The first-order valence-corrected chi connectivity index (χ1v) is 10.6. The molecule has 0 aromatic heterocycles. The molecule has 1 amide bonds. The summed E-state index contributed by atoms with van der Waals surface area (Å²) in [5.41, 5.74) is -3.06. The number of carbonyl (C=O) groups excluding carboxylic acids is 1. The second-order valence-corrected chi connectivity index (χ2v) is 8.49. The molecule has 2 aliphatic rings. The van der Waals surface area contributed by atoms with Crippen molar-refractivity contribution in [1.29, 1.82) is 0 Å². The summed E-state index contributed by atoms with van der Waals surface area (Å²) in [5.74, 6) is 0. The zero-order chi connectivity index (χ0) is 24.7. The largest absolute Gasteiger partial charge is 0.443 e. The number of fused-ring (bicyclic) bond motifs is 1. The Morgan fingerprint density at radius 2 is 1.68 bits per heavy atom. The second-order valence-electron chi connectivity index (χ2n) is 8.49. The summed E-state index contributed by atoms with van der Waals surface area (Å²) in [6, 6.07) is 10.5. The molecule has 184 valence electrons. The van der Waals surface area contributed by atoms with Gasteiger partial charge in [-0.3, -0.25) is 5.32 Å². The molecule has 0 bridgehead atoms. The van der Waals surface area contributed by atoms with Crippen LogP contribution in [0.4, 0.5) is 31.1 Å². The van der Waals surface area contributed by atoms with Gasteiger partial charge in [0.05, 0.1) is 29.4 Å². The van der Waals surface area contributed by atoms with Crippen LogP contribution in [0.3, 0.4) is 0 Å². The summed E-state index contributed by atoms with van der Waals surface area (Å²) in [7, 11) is 0. The van der Waals surface area contributed by atoms with E-state index in [0.29, 0.717) is 25.0 Å². The number of piperidine rings is 1. The molecule has 0 radical (unpaired) electrons. The van der Waals surface area contributed by atoms with Gasteiger partial charge in [0, 0.05) is 0 Å². The normalized spacial score (nSPS) is 25.9. The first-order valence-electron chi connectivity index (χ1n) is 10.6. The van der Waals surface area contributed by atoms with Crippen molar-refractivity contribution in [3.8, 4) is 0 Å². The summed E-state index contributed by atoms with van der Waals surface area (Å²) in [6.07, 6.45) is -11.5. The number of carbonyl (C=O) groups is 1. The van der Waals surface area contributed by atoms with Gasteiger partial charge < -0.3 is 14.8 Å². The fourth-order valence-electron chi connectivity index (χ4n) is 4.33. The number of halogens is 6. The fourth-order valence-corrected chi connectivity index (χ4v) is 4.33. The highest BCUT2D eigenvalue weighted by molar-refractivity contribution is 5.70. The predicted molar refractivity (Wildman–Crippen MR) is 108 cm³/mol. The lowest BCUT2D eigenvalue weighted by Crippen LogP contribution is -2.61. The van der Waals surface area contributed by atoms with E-state index < -0.39 is 47.4 Å². The Morgan fingerprint density at radius 3 is 2.26 bits per heavy atom. The van der Waals surface area contributed by atoms with Crippen LogP contribution in [0.25, 0.3) is 0 Å². The molecule has 5 nitrogen and oxygen atoms in total. The van der Waals surface area contributed by atoms with Gasteiger partial charge in [-0.1, -0.05) is 30.3 Å². The number of ether oxygens (including phenoxy) is 2. The van der Waals surface area contributed by atoms with E-state index in [1.807, 2.05) is 18.2 Å². The number of hydrogen-bond donors (Lipinski definition) is 2. The number of alkyl carbamates (subject to hydrolysis) is 1. The average Bonchev–Trinajstić information content (AvgIpc) is 3.15. The van der Waals surface area contributed by atoms with Crippen molar-refractivity contribution in [2.45, 2.75) is 56.0 Å². The fraction of sp³-hybridized carbons (Fsp3) is 0.435. The van der Waals surface area contributed by atoms with Crippen molar-refractivity contribution >= 4 is 6.09 Å². The van der Waals surface area contributed by atoms with Crippen LogP contribution in [0.2, 0.25) is 0 Å². The van der Waals surface area contributed by atoms with Crippen molar-refractivity contribution in [2.75, 3.05) is 6.61 Å². The van der Waals surface area contributed by atoms with Crippen molar-refractivity contribution in [3.05, 3.63) is 70.8 Å². The molecule has 2 heterocycles. The molecular weight excluding hydrogens is 466 g/mol. The monoisotopic (exact) mass is 488 g/mol. The van der Waals surface area contributed by atoms with Gasteiger partial charge >= 0.3 is 18.4 Å². The van der Waals surface area contributed by atoms with Crippen molar-refractivity contribution in [1.82, 2.24) is 10.6 Å². The van der Waals surface area contributed by atoms with Crippen LogP contribution in [0.15, 0.2) is 48.5 Å². The Labute approximate surface area is 191 Å². The standard InChI is InChI=1S/C23H22F6N2O3/c1-13(14-9-16(22(24,25)26)11-17(10-14)23(27,28)29)33-12-21(15-5-3-2-4-6-15)8-7-18-19(31-21)30-20(32)34-18/h2-6,9-11,13,18-19,31H,7-8,12H2,1H3,(H,30,32)/t13-,18?,19?,21?/m1/s1. The molecule has 34 heavy (non-hydrogen) atoms. The summed E-state index contributed by atoms with van der Waals surface area (Å²) < 4.78 is 90.6. The lowest BCUT2D eigenvalue weighted by Gasteiger charge is -2.43. The number of amides is 1. The van der Waals surface area contributed by atoms with Crippen molar-refractivity contribution in [3.63, 3.8) is 0 Å². The minimum absolute atomic E-state index is 0.0606. The number of alkyl halides is 6. The second kappa shape index (κ2) is 8.77. The molecule has 2 aromatic rings. The first-order chi connectivity index (χ1) is 15.9. The zero-order valence-corrected chi connectivity index (χ0v) is 18.0. The van der Waals surface area contributed by atoms with Gasteiger partial charge in [0.15, 0.2) is 0 Å². The molecule has 0 saturated carbocycles. The summed E-state index contributed by atoms with van der Waals surface area (Å²) in [6.45, 7) is 1.34. The molecule has 11 heteroatoms. The number of hydrogen-bond acceptors (Lipinski definition) is 4. The van der Waals surface area contributed by atoms with Gasteiger partial charge in [-0.15, -0.1) is 0 Å². The number of benzene rings is 2. The average molecular weight is 488 g/mol. The number of nitrogens with one attached hydrogen (secondary N) is 2. The highest BCUT2D eigenvalue weighted by Crippen LogP contribution is 2.39. The Morgan fingerprint density at radius 1 is 1.06 bits per heavy atom. The zero-order valence-electron chi connectivity index (χ0n) is 18.0. The maximum absolute atomic E-state index is 13.3. The highest BCUT2D eigenvalue weighted by Gasteiger charge is 2.47. The maximum atomic E-state index is 13.3.